The second kappa shape index (κ2) is 7.74. The third-order valence-corrected chi connectivity index (χ3v) is 4.12. The van der Waals surface area contributed by atoms with E-state index >= 15 is 0 Å². The van der Waals surface area contributed by atoms with E-state index in [2.05, 4.69) is 10.3 Å². The zero-order valence-corrected chi connectivity index (χ0v) is 14.7. The fourth-order valence-corrected chi connectivity index (χ4v) is 2.76. The molecule has 3 rings (SSSR count). The molecule has 0 bridgehead atoms. The Hall–Kier alpha value is -3.28. The molecule has 0 fully saturated rings. The van der Waals surface area contributed by atoms with Gasteiger partial charge in [-0.15, -0.1) is 0 Å². The van der Waals surface area contributed by atoms with E-state index in [0.29, 0.717) is 29.2 Å². The van der Waals surface area contributed by atoms with Gasteiger partial charge in [0.05, 0.1) is 14.2 Å². The predicted octanol–water partition coefficient (Wildman–Crippen LogP) is 3.12. The average molecular weight is 352 g/mol. The predicted molar refractivity (Wildman–Crippen MR) is 101 cm³/mol. The first kappa shape index (κ1) is 17.5. The highest BCUT2D eigenvalue weighted by molar-refractivity contribution is 5.91. The molecule has 0 aliphatic carbocycles. The van der Waals surface area contributed by atoms with Crippen LogP contribution in [0.3, 0.4) is 0 Å². The van der Waals surface area contributed by atoms with Crippen LogP contribution in [0.4, 0.5) is 5.69 Å². The Bertz CT molecular complexity index is 995. The van der Waals surface area contributed by atoms with Crippen LogP contribution in [-0.4, -0.2) is 25.1 Å². The molecule has 6 nitrogen and oxygen atoms in total. The van der Waals surface area contributed by atoms with Gasteiger partial charge in [0.15, 0.2) is 11.5 Å². The quantitative estimate of drug-likeness (QED) is 0.714. The van der Waals surface area contributed by atoms with Crippen molar-refractivity contribution in [3.63, 3.8) is 0 Å². The van der Waals surface area contributed by atoms with E-state index in [4.69, 9.17) is 9.47 Å². The monoisotopic (exact) mass is 352 g/mol. The van der Waals surface area contributed by atoms with Crippen LogP contribution in [0.1, 0.15) is 12.0 Å². The second-order valence-corrected chi connectivity index (χ2v) is 5.83. The van der Waals surface area contributed by atoms with Crippen molar-refractivity contribution in [3.8, 4) is 11.5 Å². The van der Waals surface area contributed by atoms with E-state index in [1.807, 2.05) is 30.3 Å². The topological polar surface area (TPSA) is 80.4 Å². The summed E-state index contributed by atoms with van der Waals surface area (Å²) in [5.74, 6) is 0.953. The molecule has 0 aliphatic rings. The molecule has 26 heavy (non-hydrogen) atoms. The Balaban J connectivity index is 1.68. The smallest absolute Gasteiger partial charge is 0.251 e. The summed E-state index contributed by atoms with van der Waals surface area (Å²) in [5.41, 5.74) is 1.82. The van der Waals surface area contributed by atoms with Gasteiger partial charge >= 0.3 is 0 Å². The summed E-state index contributed by atoms with van der Waals surface area (Å²) in [7, 11) is 3.09. The van der Waals surface area contributed by atoms with E-state index in [1.165, 1.54) is 7.11 Å². The van der Waals surface area contributed by atoms with Gasteiger partial charge in [0, 0.05) is 29.3 Å². The van der Waals surface area contributed by atoms with Crippen molar-refractivity contribution in [1.82, 2.24) is 4.98 Å². The number of carbonyl (C=O) groups excluding carboxylic acids is 1. The Morgan fingerprint density at radius 2 is 1.81 bits per heavy atom. The number of benzene rings is 2. The van der Waals surface area contributed by atoms with Crippen molar-refractivity contribution in [2.24, 2.45) is 0 Å². The van der Waals surface area contributed by atoms with Crippen LogP contribution in [0.2, 0.25) is 0 Å². The number of nitrogens with one attached hydrogen (secondary N) is 2. The summed E-state index contributed by atoms with van der Waals surface area (Å²) < 4.78 is 10.4. The van der Waals surface area contributed by atoms with Crippen molar-refractivity contribution in [1.29, 1.82) is 0 Å². The standard InChI is InChI=1S/C20H20N2O4/c1-25-17-9-8-15(12-18(17)26-2)21-19(23)10-7-14-11-13-5-3-4-6-16(13)22-20(14)24/h3-6,8-9,11-12H,7,10H2,1-2H3,(H,21,23)(H,22,24). The van der Waals surface area contributed by atoms with Crippen LogP contribution in [0.15, 0.2) is 53.3 Å². The lowest BCUT2D eigenvalue weighted by atomic mass is 10.1. The van der Waals surface area contributed by atoms with E-state index in [1.54, 1.807) is 25.3 Å². The molecule has 0 spiro atoms. The first-order chi connectivity index (χ1) is 12.6. The Labute approximate surface area is 150 Å². The summed E-state index contributed by atoms with van der Waals surface area (Å²) in [6.45, 7) is 0. The minimum atomic E-state index is -0.176. The number of aromatic nitrogens is 1. The summed E-state index contributed by atoms with van der Waals surface area (Å²) in [5, 5.41) is 3.75. The molecule has 2 aromatic carbocycles. The molecule has 134 valence electrons. The number of carbonyl (C=O) groups is 1. The number of para-hydroxylation sites is 1. The number of ether oxygens (including phenoxy) is 2. The lowest BCUT2D eigenvalue weighted by Crippen LogP contribution is -2.17. The van der Waals surface area contributed by atoms with E-state index in [-0.39, 0.29) is 17.9 Å². The summed E-state index contributed by atoms with van der Waals surface area (Å²) in [6, 6.07) is 14.5. The Kier molecular flexibility index (Phi) is 5.22. The number of fused-ring (bicyclic) bond motifs is 1. The number of aromatic amines is 1. The molecule has 0 unspecified atom stereocenters. The molecular weight excluding hydrogens is 332 g/mol. The minimum absolute atomic E-state index is 0.164. The molecule has 1 aromatic heterocycles. The third kappa shape index (κ3) is 3.85. The fraction of sp³-hybridized carbons (Fsp3) is 0.200. The van der Waals surface area contributed by atoms with Crippen molar-refractivity contribution in [2.75, 3.05) is 19.5 Å². The van der Waals surface area contributed by atoms with E-state index in [0.717, 1.165) is 10.9 Å². The molecule has 2 N–H and O–H groups in total. The lowest BCUT2D eigenvalue weighted by molar-refractivity contribution is -0.116. The van der Waals surface area contributed by atoms with Gasteiger partial charge in [0.2, 0.25) is 5.91 Å². The molecular formula is C20H20N2O4. The highest BCUT2D eigenvalue weighted by Crippen LogP contribution is 2.29. The maximum absolute atomic E-state index is 12.2. The van der Waals surface area contributed by atoms with Crippen molar-refractivity contribution >= 4 is 22.5 Å². The zero-order valence-electron chi connectivity index (χ0n) is 14.7. The summed E-state index contributed by atoms with van der Waals surface area (Å²) >= 11 is 0. The third-order valence-electron chi connectivity index (χ3n) is 4.12. The van der Waals surface area contributed by atoms with Crippen LogP contribution in [0.5, 0.6) is 11.5 Å². The van der Waals surface area contributed by atoms with Crippen LogP contribution in [-0.2, 0) is 11.2 Å². The largest absolute Gasteiger partial charge is 0.493 e. The SMILES string of the molecule is COc1ccc(NC(=O)CCc2cc3ccccc3[nH]c2=O)cc1OC. The van der Waals surface area contributed by atoms with Crippen LogP contribution >= 0.6 is 0 Å². The first-order valence-corrected chi connectivity index (χ1v) is 8.23. The lowest BCUT2D eigenvalue weighted by Gasteiger charge is -2.10. The molecule has 0 saturated heterocycles. The average Bonchev–Trinajstić information content (AvgIpc) is 2.66. The number of anilines is 1. The Morgan fingerprint density at radius 1 is 1.04 bits per heavy atom. The number of aryl methyl sites for hydroxylation is 1. The molecule has 0 aliphatic heterocycles. The van der Waals surface area contributed by atoms with Gasteiger partial charge < -0.3 is 19.8 Å². The Morgan fingerprint density at radius 3 is 2.58 bits per heavy atom. The van der Waals surface area contributed by atoms with Gasteiger partial charge in [-0.05, 0) is 36.1 Å². The summed E-state index contributed by atoms with van der Waals surface area (Å²) in [4.78, 5) is 27.2. The van der Waals surface area contributed by atoms with Crippen LogP contribution in [0, 0.1) is 0 Å². The molecule has 3 aromatic rings. The van der Waals surface area contributed by atoms with Gasteiger partial charge in [-0.3, -0.25) is 9.59 Å². The molecule has 0 radical (unpaired) electrons. The number of rotatable bonds is 6. The van der Waals surface area contributed by atoms with Gasteiger partial charge in [-0.2, -0.15) is 0 Å². The molecule has 0 saturated carbocycles. The highest BCUT2D eigenvalue weighted by Gasteiger charge is 2.09. The highest BCUT2D eigenvalue weighted by atomic mass is 16.5. The maximum Gasteiger partial charge on any atom is 0.251 e. The maximum atomic E-state index is 12.2. The van der Waals surface area contributed by atoms with Crippen molar-refractivity contribution in [2.45, 2.75) is 12.8 Å². The van der Waals surface area contributed by atoms with E-state index in [9.17, 15) is 9.59 Å². The number of methoxy groups -OCH3 is 2. The van der Waals surface area contributed by atoms with Crippen LogP contribution < -0.4 is 20.3 Å². The van der Waals surface area contributed by atoms with Gasteiger partial charge in [-0.1, -0.05) is 18.2 Å². The summed E-state index contributed by atoms with van der Waals surface area (Å²) in [6.07, 6.45) is 0.565. The van der Waals surface area contributed by atoms with Crippen LogP contribution in [0.25, 0.3) is 10.9 Å². The molecule has 1 heterocycles. The normalized spacial score (nSPS) is 10.5. The van der Waals surface area contributed by atoms with Crippen molar-refractivity contribution in [3.05, 3.63) is 64.4 Å². The number of hydrogen-bond acceptors (Lipinski definition) is 4. The number of H-pyrrole nitrogens is 1. The zero-order chi connectivity index (χ0) is 18.5. The molecule has 1 amide bonds. The molecule has 0 atom stereocenters. The number of pyridine rings is 1. The van der Waals surface area contributed by atoms with Gasteiger partial charge in [-0.25, -0.2) is 0 Å². The van der Waals surface area contributed by atoms with E-state index < -0.39 is 0 Å². The second-order valence-electron chi connectivity index (χ2n) is 5.83. The minimum Gasteiger partial charge on any atom is -0.493 e. The molecule has 6 heteroatoms. The van der Waals surface area contributed by atoms with Crippen molar-refractivity contribution < 1.29 is 14.3 Å². The van der Waals surface area contributed by atoms with Gasteiger partial charge in [0.25, 0.3) is 5.56 Å². The number of hydrogen-bond donors (Lipinski definition) is 2. The fourth-order valence-electron chi connectivity index (χ4n) is 2.76. The number of amides is 1. The first-order valence-electron chi connectivity index (χ1n) is 8.23. The van der Waals surface area contributed by atoms with Gasteiger partial charge in [0.1, 0.15) is 0 Å².